The average Bonchev–Trinajstić information content (AvgIpc) is 3.02. The number of anilines is 1. The van der Waals surface area contributed by atoms with Crippen LogP contribution < -0.4 is 10.6 Å². The first-order chi connectivity index (χ1) is 12.6. The summed E-state index contributed by atoms with van der Waals surface area (Å²) < 4.78 is 1.62. The van der Waals surface area contributed by atoms with E-state index in [0.717, 1.165) is 12.8 Å². The zero-order valence-corrected chi connectivity index (χ0v) is 15.1. The maximum atomic E-state index is 12.7. The lowest BCUT2D eigenvalue weighted by Gasteiger charge is -2.03. The minimum Gasteiger partial charge on any atom is -0.349 e. The van der Waals surface area contributed by atoms with Crippen LogP contribution in [0, 0.1) is 0 Å². The van der Waals surface area contributed by atoms with Crippen LogP contribution >= 0.6 is 11.6 Å². The van der Waals surface area contributed by atoms with Crippen LogP contribution in [0.2, 0.25) is 5.02 Å². The highest BCUT2D eigenvalue weighted by atomic mass is 35.5. The molecule has 6 nitrogen and oxygen atoms in total. The minimum atomic E-state index is -0.399. The zero-order chi connectivity index (χ0) is 18.5. The molecule has 0 aliphatic rings. The van der Waals surface area contributed by atoms with Crippen molar-refractivity contribution in [2.24, 2.45) is 0 Å². The summed E-state index contributed by atoms with van der Waals surface area (Å²) in [7, 11) is 0. The summed E-state index contributed by atoms with van der Waals surface area (Å²) >= 11 is 5.95. The third-order valence-electron chi connectivity index (χ3n) is 3.86. The van der Waals surface area contributed by atoms with E-state index < -0.39 is 5.91 Å². The van der Waals surface area contributed by atoms with Crippen molar-refractivity contribution in [3.63, 3.8) is 0 Å². The van der Waals surface area contributed by atoms with Crippen molar-refractivity contribution in [1.82, 2.24) is 14.7 Å². The van der Waals surface area contributed by atoms with Gasteiger partial charge in [0.1, 0.15) is 0 Å². The molecule has 7 heteroatoms. The number of hydrogen-bond acceptors (Lipinski definition) is 3. The highest BCUT2D eigenvalue weighted by molar-refractivity contribution is 6.31. The van der Waals surface area contributed by atoms with Crippen LogP contribution in [0.1, 0.15) is 40.9 Å². The highest BCUT2D eigenvalue weighted by Crippen LogP contribution is 2.18. The molecule has 0 fully saturated rings. The molecule has 26 heavy (non-hydrogen) atoms. The molecule has 0 aliphatic heterocycles. The monoisotopic (exact) mass is 370 g/mol. The van der Waals surface area contributed by atoms with E-state index in [9.17, 15) is 9.59 Å². The second-order valence-electron chi connectivity index (χ2n) is 5.81. The summed E-state index contributed by atoms with van der Waals surface area (Å²) in [5.41, 5.74) is 1.31. The number of nitrogens with zero attached hydrogens (tertiary/aromatic N) is 2. The van der Waals surface area contributed by atoms with E-state index in [1.54, 1.807) is 53.1 Å². The molecule has 0 radical (unpaired) electrons. The van der Waals surface area contributed by atoms with Gasteiger partial charge in [0.25, 0.3) is 11.8 Å². The van der Waals surface area contributed by atoms with E-state index in [2.05, 4.69) is 22.5 Å². The Balaban J connectivity index is 1.91. The standard InChI is InChI=1S/C19H19ClN4O2/c1-2-3-10-21-19(26)17-23-16(15-9-4-5-11-24(15)17)18(25)22-14-8-6-7-13(20)12-14/h4-9,11-12H,2-3,10H2,1H3,(H,21,26)(H,22,25). The van der Waals surface area contributed by atoms with E-state index in [0.29, 0.717) is 22.8 Å². The predicted molar refractivity (Wildman–Crippen MR) is 102 cm³/mol. The Hall–Kier alpha value is -2.86. The number of halogens is 1. The molecule has 2 N–H and O–H groups in total. The SMILES string of the molecule is CCCCNC(=O)c1nc(C(=O)Nc2cccc(Cl)c2)c2ccccn12. The Labute approximate surface area is 156 Å². The van der Waals surface area contributed by atoms with Gasteiger partial charge in [-0.2, -0.15) is 0 Å². The van der Waals surface area contributed by atoms with Gasteiger partial charge in [-0.3, -0.25) is 14.0 Å². The molecule has 0 bridgehead atoms. The molecule has 0 unspecified atom stereocenters. The van der Waals surface area contributed by atoms with Crippen molar-refractivity contribution >= 4 is 34.6 Å². The van der Waals surface area contributed by atoms with Gasteiger partial charge in [-0.05, 0) is 36.8 Å². The van der Waals surface area contributed by atoms with Crippen LogP contribution in [0.4, 0.5) is 5.69 Å². The number of aromatic nitrogens is 2. The third-order valence-corrected chi connectivity index (χ3v) is 4.10. The van der Waals surface area contributed by atoms with Gasteiger partial charge < -0.3 is 10.6 Å². The maximum absolute atomic E-state index is 12.7. The summed E-state index contributed by atoms with van der Waals surface area (Å²) in [6, 6.07) is 12.2. The van der Waals surface area contributed by atoms with Crippen LogP contribution in [0.25, 0.3) is 5.52 Å². The second-order valence-corrected chi connectivity index (χ2v) is 6.25. The van der Waals surface area contributed by atoms with E-state index >= 15 is 0 Å². The Morgan fingerprint density at radius 1 is 1.15 bits per heavy atom. The molecule has 1 aromatic carbocycles. The van der Waals surface area contributed by atoms with Gasteiger partial charge in [0.15, 0.2) is 5.69 Å². The number of amides is 2. The summed E-state index contributed by atoms with van der Waals surface area (Å²) in [6.07, 6.45) is 3.58. The van der Waals surface area contributed by atoms with Gasteiger partial charge in [-0.25, -0.2) is 4.98 Å². The molecule has 3 rings (SSSR count). The van der Waals surface area contributed by atoms with E-state index in [1.807, 2.05) is 0 Å². The van der Waals surface area contributed by atoms with Crippen molar-refractivity contribution in [3.05, 3.63) is 65.2 Å². The van der Waals surface area contributed by atoms with Gasteiger partial charge in [0, 0.05) is 23.5 Å². The smallest absolute Gasteiger partial charge is 0.287 e. The number of rotatable bonds is 6. The quantitative estimate of drug-likeness (QED) is 0.648. The van der Waals surface area contributed by atoms with E-state index in [4.69, 9.17) is 11.6 Å². The van der Waals surface area contributed by atoms with E-state index in [-0.39, 0.29) is 17.4 Å². The molecule has 134 valence electrons. The number of imidazole rings is 1. The van der Waals surface area contributed by atoms with Crippen molar-refractivity contribution in [3.8, 4) is 0 Å². The van der Waals surface area contributed by atoms with Crippen molar-refractivity contribution in [1.29, 1.82) is 0 Å². The minimum absolute atomic E-state index is 0.186. The highest BCUT2D eigenvalue weighted by Gasteiger charge is 2.21. The fourth-order valence-corrected chi connectivity index (χ4v) is 2.77. The Bertz CT molecular complexity index is 952. The third kappa shape index (κ3) is 3.86. The molecule has 0 saturated carbocycles. The molecule has 2 heterocycles. The first kappa shape index (κ1) is 17.9. The van der Waals surface area contributed by atoms with Gasteiger partial charge in [-0.1, -0.05) is 37.1 Å². The summed E-state index contributed by atoms with van der Waals surface area (Å²) in [6.45, 7) is 2.62. The Morgan fingerprint density at radius 3 is 2.77 bits per heavy atom. The molecule has 0 spiro atoms. The molecule has 2 aromatic heterocycles. The lowest BCUT2D eigenvalue weighted by molar-refractivity contribution is 0.0942. The van der Waals surface area contributed by atoms with Crippen LogP contribution in [-0.4, -0.2) is 27.7 Å². The number of hydrogen-bond donors (Lipinski definition) is 2. The predicted octanol–water partition coefficient (Wildman–Crippen LogP) is 3.77. The molecule has 3 aromatic rings. The second kappa shape index (κ2) is 8.01. The lowest BCUT2D eigenvalue weighted by Crippen LogP contribution is -2.26. The molecule has 2 amide bonds. The molecular weight excluding hydrogens is 352 g/mol. The zero-order valence-electron chi connectivity index (χ0n) is 14.3. The Morgan fingerprint density at radius 2 is 2.00 bits per heavy atom. The number of nitrogens with one attached hydrogen (secondary N) is 2. The lowest BCUT2D eigenvalue weighted by atomic mass is 10.3. The van der Waals surface area contributed by atoms with Crippen LogP contribution in [0.15, 0.2) is 48.7 Å². The van der Waals surface area contributed by atoms with Crippen LogP contribution in [0.5, 0.6) is 0 Å². The summed E-state index contributed by atoms with van der Waals surface area (Å²) in [5, 5.41) is 6.12. The largest absolute Gasteiger partial charge is 0.349 e. The Kier molecular flexibility index (Phi) is 5.53. The van der Waals surface area contributed by atoms with Crippen molar-refractivity contribution in [2.45, 2.75) is 19.8 Å². The number of pyridine rings is 1. The summed E-state index contributed by atoms with van der Waals surface area (Å²) in [5.74, 6) is -0.516. The van der Waals surface area contributed by atoms with Crippen molar-refractivity contribution < 1.29 is 9.59 Å². The maximum Gasteiger partial charge on any atom is 0.287 e. The van der Waals surface area contributed by atoms with E-state index in [1.165, 1.54) is 0 Å². The molecule has 0 atom stereocenters. The van der Waals surface area contributed by atoms with Gasteiger partial charge in [-0.15, -0.1) is 0 Å². The van der Waals surface area contributed by atoms with Gasteiger partial charge in [0.2, 0.25) is 5.82 Å². The molecule has 0 aliphatic carbocycles. The number of unbranched alkanes of at least 4 members (excludes halogenated alkanes) is 1. The molecule has 0 saturated heterocycles. The van der Waals surface area contributed by atoms with Gasteiger partial charge >= 0.3 is 0 Å². The van der Waals surface area contributed by atoms with Crippen LogP contribution in [-0.2, 0) is 0 Å². The fraction of sp³-hybridized carbons (Fsp3) is 0.211. The number of fused-ring (bicyclic) bond motifs is 1. The number of benzene rings is 1. The number of carbonyl (C=O) groups excluding carboxylic acids is 2. The number of carbonyl (C=O) groups is 2. The normalized spacial score (nSPS) is 10.7. The fourth-order valence-electron chi connectivity index (χ4n) is 2.58. The average molecular weight is 371 g/mol. The van der Waals surface area contributed by atoms with Gasteiger partial charge in [0.05, 0.1) is 5.52 Å². The molecular formula is C19H19ClN4O2. The van der Waals surface area contributed by atoms with Crippen LogP contribution in [0.3, 0.4) is 0 Å². The summed E-state index contributed by atoms with van der Waals surface area (Å²) in [4.78, 5) is 29.4. The first-order valence-electron chi connectivity index (χ1n) is 8.42. The topological polar surface area (TPSA) is 75.5 Å². The first-order valence-corrected chi connectivity index (χ1v) is 8.80. The van der Waals surface area contributed by atoms with Crippen molar-refractivity contribution in [2.75, 3.05) is 11.9 Å².